The highest BCUT2D eigenvalue weighted by molar-refractivity contribution is 9.10. The Labute approximate surface area is 137 Å². The molecule has 108 valence electrons. The Morgan fingerprint density at radius 2 is 1.95 bits per heavy atom. The second-order valence-corrected chi connectivity index (χ2v) is 5.84. The molecular formula is C15H9Br2FO3. The van der Waals surface area contributed by atoms with E-state index in [1.165, 1.54) is 18.2 Å². The highest BCUT2D eigenvalue weighted by Crippen LogP contribution is 2.32. The maximum Gasteiger partial charge on any atom is 0.328 e. The minimum absolute atomic E-state index is 0.358. The maximum atomic E-state index is 13.3. The number of aliphatic carboxylic acids is 1. The average molecular weight is 416 g/mol. The molecule has 2 aromatic rings. The molecular weight excluding hydrogens is 407 g/mol. The van der Waals surface area contributed by atoms with Crippen LogP contribution in [0.25, 0.3) is 6.08 Å². The van der Waals surface area contributed by atoms with Crippen LogP contribution >= 0.6 is 31.9 Å². The van der Waals surface area contributed by atoms with Crippen molar-refractivity contribution in [3.8, 4) is 11.5 Å². The first-order chi connectivity index (χ1) is 9.94. The van der Waals surface area contributed by atoms with Crippen LogP contribution in [0.3, 0.4) is 0 Å². The van der Waals surface area contributed by atoms with Crippen LogP contribution in [0.5, 0.6) is 11.5 Å². The molecule has 2 rings (SSSR count). The number of ether oxygens (including phenoxy) is 1. The molecule has 0 aliphatic carbocycles. The zero-order chi connectivity index (χ0) is 15.4. The molecule has 3 nitrogen and oxygen atoms in total. The summed E-state index contributed by atoms with van der Waals surface area (Å²) in [5.74, 6) is -0.566. The van der Waals surface area contributed by atoms with Gasteiger partial charge in [-0.05, 0) is 51.8 Å². The smallest absolute Gasteiger partial charge is 0.328 e. The molecule has 1 N–H and O–H groups in total. The van der Waals surface area contributed by atoms with Gasteiger partial charge in [-0.3, -0.25) is 0 Å². The van der Waals surface area contributed by atoms with Crippen molar-refractivity contribution in [2.45, 2.75) is 0 Å². The minimum atomic E-state index is -1.02. The maximum absolute atomic E-state index is 13.3. The van der Waals surface area contributed by atoms with Gasteiger partial charge in [-0.1, -0.05) is 22.0 Å². The second-order valence-electron chi connectivity index (χ2n) is 4.07. The van der Waals surface area contributed by atoms with E-state index in [1.54, 1.807) is 24.3 Å². The molecule has 21 heavy (non-hydrogen) atoms. The van der Waals surface area contributed by atoms with Gasteiger partial charge >= 0.3 is 5.97 Å². The van der Waals surface area contributed by atoms with E-state index >= 15 is 0 Å². The van der Waals surface area contributed by atoms with E-state index in [9.17, 15) is 9.18 Å². The van der Waals surface area contributed by atoms with Gasteiger partial charge < -0.3 is 9.84 Å². The van der Waals surface area contributed by atoms with E-state index < -0.39 is 11.8 Å². The molecule has 0 atom stereocenters. The fourth-order valence-corrected chi connectivity index (χ4v) is 2.51. The molecule has 0 saturated heterocycles. The number of hydrogen-bond acceptors (Lipinski definition) is 2. The standard InChI is InChI=1S/C15H9Br2FO3/c16-10-6-11(18)8-12(7-10)21-14-3-1-9(5-13(14)17)2-4-15(19)20/h1-8H,(H,19,20)/b4-2+. The third-order valence-corrected chi connectivity index (χ3v) is 3.52. The summed E-state index contributed by atoms with van der Waals surface area (Å²) in [6, 6.07) is 9.34. The fraction of sp³-hybridized carbons (Fsp3) is 0. The third kappa shape index (κ3) is 4.68. The van der Waals surface area contributed by atoms with Gasteiger partial charge in [0.2, 0.25) is 0 Å². The predicted molar refractivity (Wildman–Crippen MR) is 85.0 cm³/mol. The molecule has 0 aromatic heterocycles. The van der Waals surface area contributed by atoms with E-state index in [0.29, 0.717) is 26.0 Å². The quantitative estimate of drug-likeness (QED) is 0.694. The lowest BCUT2D eigenvalue weighted by Crippen LogP contribution is -1.89. The molecule has 0 heterocycles. The van der Waals surface area contributed by atoms with Crippen molar-refractivity contribution in [2.75, 3.05) is 0 Å². The van der Waals surface area contributed by atoms with Crippen LogP contribution in [0.4, 0.5) is 4.39 Å². The summed E-state index contributed by atoms with van der Waals surface area (Å²) in [6.45, 7) is 0. The monoisotopic (exact) mass is 414 g/mol. The summed E-state index contributed by atoms with van der Waals surface area (Å²) < 4.78 is 20.1. The van der Waals surface area contributed by atoms with Crippen molar-refractivity contribution >= 4 is 43.9 Å². The Bertz CT molecular complexity index is 694. The fourth-order valence-electron chi connectivity index (χ4n) is 1.59. The molecule has 0 bridgehead atoms. The van der Waals surface area contributed by atoms with Crippen LogP contribution < -0.4 is 4.74 Å². The number of halogens is 3. The minimum Gasteiger partial charge on any atom is -0.478 e. The molecule has 0 amide bonds. The van der Waals surface area contributed by atoms with Gasteiger partial charge in [0.05, 0.1) is 4.47 Å². The summed E-state index contributed by atoms with van der Waals surface area (Å²) in [5, 5.41) is 8.58. The first-order valence-corrected chi connectivity index (χ1v) is 7.37. The van der Waals surface area contributed by atoms with Gasteiger partial charge in [0.15, 0.2) is 0 Å². The largest absolute Gasteiger partial charge is 0.478 e. The molecule has 0 radical (unpaired) electrons. The van der Waals surface area contributed by atoms with Crippen molar-refractivity contribution in [3.05, 3.63) is 62.8 Å². The van der Waals surface area contributed by atoms with Gasteiger partial charge in [-0.25, -0.2) is 9.18 Å². The van der Waals surface area contributed by atoms with Crippen LogP contribution in [0.1, 0.15) is 5.56 Å². The number of carbonyl (C=O) groups is 1. The number of rotatable bonds is 4. The Kier molecular flexibility index (Phi) is 5.14. The summed E-state index contributed by atoms with van der Waals surface area (Å²) in [6.07, 6.45) is 2.52. The first kappa shape index (κ1) is 15.7. The lowest BCUT2D eigenvalue weighted by Gasteiger charge is -2.09. The zero-order valence-corrected chi connectivity index (χ0v) is 13.7. The van der Waals surface area contributed by atoms with Gasteiger partial charge in [-0.15, -0.1) is 0 Å². The Hall–Kier alpha value is -1.66. The normalized spacial score (nSPS) is 10.8. The molecule has 0 fully saturated rings. The van der Waals surface area contributed by atoms with Crippen molar-refractivity contribution < 1.29 is 19.0 Å². The molecule has 6 heteroatoms. The van der Waals surface area contributed by atoms with Crippen LogP contribution in [-0.4, -0.2) is 11.1 Å². The molecule has 0 saturated carbocycles. The lowest BCUT2D eigenvalue weighted by atomic mass is 10.2. The third-order valence-electron chi connectivity index (χ3n) is 2.44. The highest BCUT2D eigenvalue weighted by atomic mass is 79.9. The number of hydrogen-bond donors (Lipinski definition) is 1. The van der Waals surface area contributed by atoms with E-state index in [2.05, 4.69) is 31.9 Å². The van der Waals surface area contributed by atoms with E-state index in [4.69, 9.17) is 9.84 Å². The van der Waals surface area contributed by atoms with Crippen molar-refractivity contribution in [3.63, 3.8) is 0 Å². The lowest BCUT2D eigenvalue weighted by molar-refractivity contribution is -0.131. The molecule has 0 aliphatic heterocycles. The molecule has 0 aliphatic rings. The number of benzene rings is 2. The van der Waals surface area contributed by atoms with Crippen LogP contribution in [0.15, 0.2) is 51.4 Å². The van der Waals surface area contributed by atoms with Crippen LogP contribution in [0, 0.1) is 5.82 Å². The van der Waals surface area contributed by atoms with Crippen molar-refractivity contribution in [1.82, 2.24) is 0 Å². The summed E-state index contributed by atoms with van der Waals surface area (Å²) in [7, 11) is 0. The summed E-state index contributed by atoms with van der Waals surface area (Å²) in [5.41, 5.74) is 0.706. The Balaban J connectivity index is 2.23. The first-order valence-electron chi connectivity index (χ1n) is 5.78. The average Bonchev–Trinajstić information content (AvgIpc) is 2.38. The molecule has 0 unspecified atom stereocenters. The summed E-state index contributed by atoms with van der Waals surface area (Å²) >= 11 is 6.53. The van der Waals surface area contributed by atoms with Gasteiger partial charge in [-0.2, -0.15) is 0 Å². The van der Waals surface area contributed by atoms with Gasteiger partial charge in [0.25, 0.3) is 0 Å². The predicted octanol–water partition coefficient (Wildman–Crippen LogP) is 5.24. The van der Waals surface area contributed by atoms with Crippen LogP contribution in [-0.2, 0) is 4.79 Å². The number of carboxylic acids is 1. The van der Waals surface area contributed by atoms with E-state index in [0.717, 1.165) is 6.08 Å². The highest BCUT2D eigenvalue weighted by Gasteiger charge is 2.06. The zero-order valence-electron chi connectivity index (χ0n) is 10.5. The van der Waals surface area contributed by atoms with E-state index in [1.807, 2.05) is 0 Å². The Morgan fingerprint density at radius 1 is 1.19 bits per heavy atom. The van der Waals surface area contributed by atoms with Gasteiger partial charge in [0.1, 0.15) is 17.3 Å². The van der Waals surface area contributed by atoms with Gasteiger partial charge in [0, 0.05) is 16.6 Å². The van der Waals surface area contributed by atoms with E-state index in [-0.39, 0.29) is 0 Å². The summed E-state index contributed by atoms with van der Waals surface area (Å²) in [4.78, 5) is 10.5. The molecule has 0 spiro atoms. The SMILES string of the molecule is O=C(O)/C=C/c1ccc(Oc2cc(F)cc(Br)c2)c(Br)c1. The molecule has 2 aromatic carbocycles. The second kappa shape index (κ2) is 6.87. The number of carboxylic acid groups (broad SMARTS) is 1. The van der Waals surface area contributed by atoms with Crippen molar-refractivity contribution in [1.29, 1.82) is 0 Å². The van der Waals surface area contributed by atoms with Crippen molar-refractivity contribution in [2.24, 2.45) is 0 Å². The Morgan fingerprint density at radius 3 is 2.57 bits per heavy atom. The topological polar surface area (TPSA) is 46.5 Å². The van der Waals surface area contributed by atoms with Crippen LogP contribution in [0.2, 0.25) is 0 Å².